The van der Waals surface area contributed by atoms with Gasteiger partial charge in [-0.05, 0) is 49.7 Å². The molecule has 1 aliphatic rings. The normalized spacial score (nSPS) is 17.9. The van der Waals surface area contributed by atoms with Crippen molar-refractivity contribution in [3.8, 4) is 0 Å². The highest BCUT2D eigenvalue weighted by Gasteiger charge is 2.39. The van der Waals surface area contributed by atoms with Crippen molar-refractivity contribution < 1.29 is 14.6 Å². The largest absolute Gasteiger partial charge is 0.387 e. The first-order valence-corrected chi connectivity index (χ1v) is 7.91. The van der Waals surface area contributed by atoms with Crippen LogP contribution < -0.4 is 10.6 Å². The summed E-state index contributed by atoms with van der Waals surface area (Å²) < 4.78 is 5.44. The number of piperidine rings is 1. The van der Waals surface area contributed by atoms with E-state index in [0.717, 1.165) is 13.1 Å². The molecule has 1 saturated heterocycles. The van der Waals surface area contributed by atoms with E-state index in [2.05, 4.69) is 10.6 Å². The molecule has 1 amide bonds. The van der Waals surface area contributed by atoms with Gasteiger partial charge in [0.1, 0.15) is 5.60 Å². The lowest BCUT2D eigenvalue weighted by atomic mass is 9.91. The molecule has 130 valence electrons. The van der Waals surface area contributed by atoms with Crippen molar-refractivity contribution in [1.29, 1.82) is 0 Å². The summed E-state index contributed by atoms with van der Waals surface area (Å²) in [5, 5.41) is 17.0. The summed E-state index contributed by atoms with van der Waals surface area (Å²) in [5.41, 5.74) is -0.258. The van der Waals surface area contributed by atoms with Crippen molar-refractivity contribution in [3.63, 3.8) is 0 Å². The van der Waals surface area contributed by atoms with Gasteiger partial charge in [0.25, 0.3) is 5.91 Å². The van der Waals surface area contributed by atoms with Gasteiger partial charge in [-0.15, -0.1) is 12.4 Å². The molecule has 1 fully saturated rings. The molecule has 0 aliphatic carbocycles. The second-order valence-corrected chi connectivity index (χ2v) is 6.25. The zero-order valence-electron chi connectivity index (χ0n) is 12.8. The van der Waals surface area contributed by atoms with Crippen molar-refractivity contribution in [2.24, 2.45) is 0 Å². The van der Waals surface area contributed by atoms with Crippen LogP contribution in [0, 0.1) is 0 Å². The van der Waals surface area contributed by atoms with Crippen LogP contribution in [0.3, 0.4) is 0 Å². The van der Waals surface area contributed by atoms with E-state index in [1.807, 2.05) is 0 Å². The fourth-order valence-electron chi connectivity index (χ4n) is 2.59. The van der Waals surface area contributed by atoms with E-state index in [1.54, 1.807) is 18.2 Å². The average molecular weight is 384 g/mol. The minimum Gasteiger partial charge on any atom is -0.387 e. The van der Waals surface area contributed by atoms with Crippen LogP contribution in [0.5, 0.6) is 0 Å². The number of ether oxygens (including phenoxy) is 1. The molecular formula is C15H21Cl3N2O3. The Morgan fingerprint density at radius 1 is 1.35 bits per heavy atom. The van der Waals surface area contributed by atoms with Crippen molar-refractivity contribution in [2.75, 3.05) is 26.7 Å². The number of hydrogen-bond donors (Lipinski definition) is 3. The van der Waals surface area contributed by atoms with E-state index in [0.29, 0.717) is 28.5 Å². The van der Waals surface area contributed by atoms with E-state index in [1.165, 1.54) is 7.11 Å². The summed E-state index contributed by atoms with van der Waals surface area (Å²) in [7, 11) is 1.54. The van der Waals surface area contributed by atoms with E-state index >= 15 is 0 Å². The highest BCUT2D eigenvalue weighted by atomic mass is 35.5. The number of rotatable bonds is 5. The van der Waals surface area contributed by atoms with E-state index in [-0.39, 0.29) is 24.9 Å². The van der Waals surface area contributed by atoms with Crippen molar-refractivity contribution in [2.45, 2.75) is 24.5 Å². The molecule has 23 heavy (non-hydrogen) atoms. The second kappa shape index (κ2) is 9.06. The molecule has 0 saturated carbocycles. The van der Waals surface area contributed by atoms with Gasteiger partial charge in [-0.3, -0.25) is 4.79 Å². The van der Waals surface area contributed by atoms with E-state index in [9.17, 15) is 9.90 Å². The number of methoxy groups -OCH3 is 1. The quantitative estimate of drug-likeness (QED) is 0.730. The maximum absolute atomic E-state index is 12.4. The molecule has 1 atom stereocenters. The van der Waals surface area contributed by atoms with Gasteiger partial charge in [0, 0.05) is 23.7 Å². The zero-order chi connectivity index (χ0) is 16.2. The van der Waals surface area contributed by atoms with Crippen molar-refractivity contribution >= 4 is 41.5 Å². The predicted molar refractivity (Wildman–Crippen MR) is 93.5 cm³/mol. The Labute approximate surface area is 152 Å². The molecule has 3 N–H and O–H groups in total. The third kappa shape index (κ3) is 5.21. The predicted octanol–water partition coefficient (Wildman–Crippen LogP) is 2.33. The minimum atomic E-state index is -0.879. The SMILES string of the molecule is COC1(C(=O)NCC(O)c2cc(Cl)cc(Cl)c2)CCNCC1.Cl. The topological polar surface area (TPSA) is 70.6 Å². The first-order chi connectivity index (χ1) is 10.5. The van der Waals surface area contributed by atoms with Crippen LogP contribution in [0.2, 0.25) is 10.0 Å². The lowest BCUT2D eigenvalue weighted by molar-refractivity contribution is -0.147. The van der Waals surface area contributed by atoms with Crippen LogP contribution in [0.1, 0.15) is 24.5 Å². The molecule has 2 rings (SSSR count). The van der Waals surface area contributed by atoms with Crippen LogP contribution >= 0.6 is 35.6 Å². The van der Waals surface area contributed by atoms with E-state index in [4.69, 9.17) is 27.9 Å². The fourth-order valence-corrected chi connectivity index (χ4v) is 3.13. The number of carbonyl (C=O) groups is 1. The number of carbonyl (C=O) groups excluding carboxylic acids is 1. The van der Waals surface area contributed by atoms with Crippen LogP contribution in [0.25, 0.3) is 0 Å². The molecule has 0 aromatic heterocycles. The van der Waals surface area contributed by atoms with Gasteiger partial charge in [0.2, 0.25) is 0 Å². The molecule has 5 nitrogen and oxygen atoms in total. The van der Waals surface area contributed by atoms with Crippen LogP contribution in [-0.2, 0) is 9.53 Å². The summed E-state index contributed by atoms with van der Waals surface area (Å²) in [5.74, 6) is -0.205. The molecule has 0 radical (unpaired) electrons. The van der Waals surface area contributed by atoms with Gasteiger partial charge in [-0.2, -0.15) is 0 Å². The maximum atomic E-state index is 12.4. The highest BCUT2D eigenvalue weighted by Crippen LogP contribution is 2.25. The molecule has 0 bridgehead atoms. The summed E-state index contributed by atoms with van der Waals surface area (Å²) in [6.07, 6.45) is 0.332. The Morgan fingerprint density at radius 2 is 1.91 bits per heavy atom. The van der Waals surface area contributed by atoms with Gasteiger partial charge < -0.3 is 20.5 Å². The summed E-state index contributed by atoms with van der Waals surface area (Å²) >= 11 is 11.8. The fraction of sp³-hybridized carbons (Fsp3) is 0.533. The minimum absolute atomic E-state index is 0. The molecule has 1 aliphatic heterocycles. The number of benzene rings is 1. The monoisotopic (exact) mass is 382 g/mol. The van der Waals surface area contributed by atoms with Gasteiger partial charge in [0.15, 0.2) is 0 Å². The van der Waals surface area contributed by atoms with Crippen molar-refractivity contribution in [1.82, 2.24) is 10.6 Å². The average Bonchev–Trinajstić information content (AvgIpc) is 2.51. The Hall–Kier alpha value is -0.560. The standard InChI is InChI=1S/C15H20Cl2N2O3.ClH/c1-22-15(2-4-18-5-3-15)14(21)19-9-13(20)10-6-11(16)8-12(17)7-10;/h6-8,13,18,20H,2-5,9H2,1H3,(H,19,21);1H. The van der Waals surface area contributed by atoms with Gasteiger partial charge >= 0.3 is 0 Å². The number of halogens is 3. The van der Waals surface area contributed by atoms with Gasteiger partial charge in [-0.1, -0.05) is 23.2 Å². The molecular weight excluding hydrogens is 363 g/mol. The van der Waals surface area contributed by atoms with E-state index < -0.39 is 11.7 Å². The summed E-state index contributed by atoms with van der Waals surface area (Å²) in [6, 6.07) is 4.84. The van der Waals surface area contributed by atoms with Crippen LogP contribution in [0.15, 0.2) is 18.2 Å². The van der Waals surface area contributed by atoms with Crippen LogP contribution in [0.4, 0.5) is 0 Å². The lowest BCUT2D eigenvalue weighted by Gasteiger charge is -2.35. The molecule has 1 aromatic carbocycles. The number of amides is 1. The number of hydrogen-bond acceptors (Lipinski definition) is 4. The maximum Gasteiger partial charge on any atom is 0.252 e. The molecule has 0 spiro atoms. The lowest BCUT2D eigenvalue weighted by Crippen LogP contribution is -2.54. The molecule has 8 heteroatoms. The van der Waals surface area contributed by atoms with Crippen LogP contribution in [-0.4, -0.2) is 43.4 Å². The first kappa shape index (κ1) is 20.5. The Morgan fingerprint density at radius 3 is 2.43 bits per heavy atom. The zero-order valence-corrected chi connectivity index (χ0v) is 15.1. The van der Waals surface area contributed by atoms with Gasteiger partial charge in [0.05, 0.1) is 6.10 Å². The van der Waals surface area contributed by atoms with Gasteiger partial charge in [-0.25, -0.2) is 0 Å². The summed E-state index contributed by atoms with van der Waals surface area (Å²) in [6.45, 7) is 1.54. The number of nitrogens with one attached hydrogen (secondary N) is 2. The Balaban J connectivity index is 0.00000264. The second-order valence-electron chi connectivity index (χ2n) is 5.38. The Kier molecular flexibility index (Phi) is 8.07. The van der Waals surface area contributed by atoms with Crippen molar-refractivity contribution in [3.05, 3.63) is 33.8 Å². The third-order valence-electron chi connectivity index (χ3n) is 3.94. The highest BCUT2D eigenvalue weighted by molar-refractivity contribution is 6.34. The molecule has 1 unspecified atom stereocenters. The first-order valence-electron chi connectivity index (χ1n) is 7.15. The Bertz CT molecular complexity index is 516. The molecule has 1 aromatic rings. The number of aliphatic hydroxyl groups excluding tert-OH is 1. The smallest absolute Gasteiger partial charge is 0.252 e. The number of aliphatic hydroxyl groups is 1. The molecule has 1 heterocycles. The third-order valence-corrected chi connectivity index (χ3v) is 4.38. The summed E-state index contributed by atoms with van der Waals surface area (Å²) in [4.78, 5) is 12.4.